The molecule has 2 aromatic rings. The molecule has 0 radical (unpaired) electrons. The molecule has 5 heteroatoms. The minimum Gasteiger partial charge on any atom is -0.341 e. The predicted octanol–water partition coefficient (Wildman–Crippen LogP) is 1.15. The van der Waals surface area contributed by atoms with Gasteiger partial charge in [-0.15, -0.1) is 0 Å². The summed E-state index contributed by atoms with van der Waals surface area (Å²) in [7, 11) is 3.68. The van der Waals surface area contributed by atoms with E-state index in [1.165, 1.54) is 0 Å². The zero-order valence-corrected chi connectivity index (χ0v) is 12.1. The fourth-order valence-electron chi connectivity index (χ4n) is 2.17. The van der Waals surface area contributed by atoms with Crippen molar-refractivity contribution in [2.75, 3.05) is 13.6 Å². The first-order valence-electron chi connectivity index (χ1n) is 6.59. The molecule has 20 heavy (non-hydrogen) atoms. The van der Waals surface area contributed by atoms with E-state index in [9.17, 15) is 4.79 Å². The van der Waals surface area contributed by atoms with Gasteiger partial charge in [0, 0.05) is 19.4 Å². The van der Waals surface area contributed by atoms with Gasteiger partial charge in [0.05, 0.1) is 6.54 Å². The van der Waals surface area contributed by atoms with E-state index in [0.29, 0.717) is 0 Å². The van der Waals surface area contributed by atoms with Gasteiger partial charge in [-0.25, -0.2) is 4.98 Å². The molecule has 2 rings (SSSR count). The second-order valence-corrected chi connectivity index (χ2v) is 4.84. The topological polar surface area (TPSA) is 59.0 Å². The fourth-order valence-corrected chi connectivity index (χ4v) is 2.17. The lowest BCUT2D eigenvalue weighted by Gasteiger charge is -2.19. The number of hydrogen-bond donors (Lipinski definition) is 2. The molecule has 0 spiro atoms. The Labute approximate surface area is 119 Å². The average Bonchev–Trinajstić information content (AvgIpc) is 2.82. The lowest BCUT2D eigenvalue weighted by atomic mass is 10.0. The van der Waals surface area contributed by atoms with Crippen LogP contribution < -0.4 is 10.6 Å². The van der Waals surface area contributed by atoms with Gasteiger partial charge < -0.3 is 15.2 Å². The van der Waals surface area contributed by atoms with Gasteiger partial charge in [0.15, 0.2) is 0 Å². The molecule has 0 bridgehead atoms. The molecule has 106 valence electrons. The van der Waals surface area contributed by atoms with Gasteiger partial charge in [0.2, 0.25) is 5.91 Å². The molecule has 1 unspecified atom stereocenters. The number of aryl methyl sites for hydroxylation is 2. The van der Waals surface area contributed by atoms with Gasteiger partial charge in [-0.3, -0.25) is 4.79 Å². The highest BCUT2D eigenvalue weighted by Gasteiger charge is 2.20. The van der Waals surface area contributed by atoms with Crippen LogP contribution in [0.4, 0.5) is 0 Å². The first-order chi connectivity index (χ1) is 9.61. The maximum Gasteiger partial charge on any atom is 0.234 e. The van der Waals surface area contributed by atoms with Crippen LogP contribution in [0.25, 0.3) is 0 Å². The van der Waals surface area contributed by atoms with Crippen molar-refractivity contribution < 1.29 is 4.79 Å². The number of rotatable bonds is 5. The summed E-state index contributed by atoms with van der Waals surface area (Å²) < 4.78 is 1.92. The minimum absolute atomic E-state index is 0.0537. The number of benzene rings is 1. The van der Waals surface area contributed by atoms with E-state index in [1.54, 1.807) is 13.2 Å². The lowest BCUT2D eigenvalue weighted by Crippen LogP contribution is -2.36. The SMILES string of the molecule is CNCC(=O)NC(c1cccc(C)c1)c1nccn1C. The van der Waals surface area contributed by atoms with Crippen molar-refractivity contribution in [1.29, 1.82) is 0 Å². The number of nitrogens with one attached hydrogen (secondary N) is 2. The Bertz CT molecular complexity index is 591. The third-order valence-electron chi connectivity index (χ3n) is 3.13. The summed E-state index contributed by atoms with van der Waals surface area (Å²) in [6.07, 6.45) is 3.62. The Hall–Kier alpha value is -2.14. The molecule has 0 fully saturated rings. The number of hydrogen-bond acceptors (Lipinski definition) is 3. The van der Waals surface area contributed by atoms with Crippen LogP contribution in [-0.4, -0.2) is 29.1 Å². The Kier molecular flexibility index (Phi) is 4.53. The first kappa shape index (κ1) is 14.3. The van der Waals surface area contributed by atoms with Crippen molar-refractivity contribution in [2.24, 2.45) is 7.05 Å². The van der Waals surface area contributed by atoms with Crippen molar-refractivity contribution in [2.45, 2.75) is 13.0 Å². The molecule has 2 N–H and O–H groups in total. The van der Waals surface area contributed by atoms with Crippen LogP contribution in [0.5, 0.6) is 0 Å². The molecule has 1 heterocycles. The normalized spacial score (nSPS) is 12.2. The Morgan fingerprint density at radius 3 is 2.85 bits per heavy atom. The van der Waals surface area contributed by atoms with Gasteiger partial charge in [0.25, 0.3) is 0 Å². The number of likely N-dealkylation sites (N-methyl/N-ethyl adjacent to an activating group) is 1. The summed E-state index contributed by atoms with van der Waals surface area (Å²) in [5.41, 5.74) is 2.19. The van der Waals surface area contributed by atoms with Crippen LogP contribution in [0.1, 0.15) is 23.0 Å². The van der Waals surface area contributed by atoms with Gasteiger partial charge in [-0.1, -0.05) is 29.8 Å². The Morgan fingerprint density at radius 1 is 1.45 bits per heavy atom. The number of carbonyl (C=O) groups excluding carboxylic acids is 1. The van der Waals surface area contributed by atoms with Crippen LogP contribution in [-0.2, 0) is 11.8 Å². The maximum absolute atomic E-state index is 11.9. The van der Waals surface area contributed by atoms with E-state index in [0.717, 1.165) is 17.0 Å². The number of carbonyl (C=O) groups is 1. The average molecular weight is 272 g/mol. The Morgan fingerprint density at radius 2 is 2.25 bits per heavy atom. The summed E-state index contributed by atoms with van der Waals surface area (Å²) in [5, 5.41) is 5.88. The van der Waals surface area contributed by atoms with Crippen LogP contribution in [0.15, 0.2) is 36.7 Å². The minimum atomic E-state index is -0.240. The highest BCUT2D eigenvalue weighted by atomic mass is 16.2. The highest BCUT2D eigenvalue weighted by molar-refractivity contribution is 5.78. The van der Waals surface area contributed by atoms with E-state index in [1.807, 2.05) is 42.9 Å². The lowest BCUT2D eigenvalue weighted by molar-refractivity contribution is -0.120. The van der Waals surface area contributed by atoms with Crippen LogP contribution in [0, 0.1) is 6.92 Å². The molecule has 0 aliphatic rings. The van der Waals surface area contributed by atoms with Crippen LogP contribution >= 0.6 is 0 Å². The summed E-state index contributed by atoms with van der Waals surface area (Å²) in [5.74, 6) is 0.766. The first-order valence-corrected chi connectivity index (χ1v) is 6.59. The summed E-state index contributed by atoms with van der Waals surface area (Å²) >= 11 is 0. The second kappa shape index (κ2) is 6.34. The molecule has 1 atom stereocenters. The van der Waals surface area contributed by atoms with Crippen molar-refractivity contribution >= 4 is 5.91 Å². The van der Waals surface area contributed by atoms with Crippen molar-refractivity contribution in [3.8, 4) is 0 Å². The molecule has 1 aromatic heterocycles. The second-order valence-electron chi connectivity index (χ2n) is 4.84. The molecular weight excluding hydrogens is 252 g/mol. The molecule has 0 saturated heterocycles. The summed E-state index contributed by atoms with van der Waals surface area (Å²) in [4.78, 5) is 16.3. The van der Waals surface area contributed by atoms with Gasteiger partial charge >= 0.3 is 0 Å². The smallest absolute Gasteiger partial charge is 0.234 e. The largest absolute Gasteiger partial charge is 0.341 e. The number of imidazole rings is 1. The Balaban J connectivity index is 2.34. The zero-order valence-electron chi connectivity index (χ0n) is 12.1. The quantitative estimate of drug-likeness (QED) is 0.858. The molecule has 1 amide bonds. The van der Waals surface area contributed by atoms with Gasteiger partial charge in [0.1, 0.15) is 11.9 Å². The fraction of sp³-hybridized carbons (Fsp3) is 0.333. The monoisotopic (exact) mass is 272 g/mol. The van der Waals surface area contributed by atoms with Gasteiger partial charge in [-0.2, -0.15) is 0 Å². The number of amides is 1. The maximum atomic E-state index is 11.9. The predicted molar refractivity (Wildman–Crippen MR) is 78.3 cm³/mol. The molecule has 5 nitrogen and oxygen atoms in total. The van der Waals surface area contributed by atoms with Crippen LogP contribution in [0.3, 0.4) is 0 Å². The third kappa shape index (κ3) is 3.24. The number of nitrogens with zero attached hydrogens (tertiary/aromatic N) is 2. The number of aromatic nitrogens is 2. The van der Waals surface area contributed by atoms with Gasteiger partial charge in [-0.05, 0) is 19.5 Å². The van der Waals surface area contributed by atoms with E-state index >= 15 is 0 Å². The van der Waals surface area contributed by atoms with E-state index in [4.69, 9.17) is 0 Å². The summed E-state index contributed by atoms with van der Waals surface area (Å²) in [6.45, 7) is 2.32. The highest BCUT2D eigenvalue weighted by Crippen LogP contribution is 2.21. The van der Waals surface area contributed by atoms with Crippen molar-refractivity contribution in [3.63, 3.8) is 0 Å². The molecule has 1 aromatic carbocycles. The molecule has 0 aliphatic carbocycles. The van der Waals surface area contributed by atoms with Crippen molar-refractivity contribution in [1.82, 2.24) is 20.2 Å². The zero-order chi connectivity index (χ0) is 14.5. The van der Waals surface area contributed by atoms with E-state index < -0.39 is 0 Å². The molecule has 0 aliphatic heterocycles. The summed E-state index contributed by atoms with van der Waals surface area (Å²) in [6, 6.07) is 7.86. The van der Waals surface area contributed by atoms with Crippen molar-refractivity contribution in [3.05, 3.63) is 53.6 Å². The molecule has 0 saturated carbocycles. The van der Waals surface area contributed by atoms with E-state index in [-0.39, 0.29) is 18.5 Å². The van der Waals surface area contributed by atoms with E-state index in [2.05, 4.69) is 21.7 Å². The van der Waals surface area contributed by atoms with Crippen LogP contribution in [0.2, 0.25) is 0 Å². The molecular formula is C15H20N4O. The standard InChI is InChI=1S/C15H20N4O/c1-11-5-4-6-12(9-11)14(18-13(20)10-16-2)15-17-7-8-19(15)3/h4-9,14,16H,10H2,1-3H3,(H,18,20). The third-order valence-corrected chi connectivity index (χ3v) is 3.13.